The molecule has 20 heavy (non-hydrogen) atoms. The zero-order chi connectivity index (χ0) is 14.6. The SMILES string of the molecule is CCCN(CCCOCCOC)Cc1ccccc1N. The van der Waals surface area contributed by atoms with E-state index in [0.717, 1.165) is 44.8 Å². The van der Waals surface area contributed by atoms with Gasteiger partial charge in [-0.25, -0.2) is 0 Å². The Labute approximate surface area is 122 Å². The minimum Gasteiger partial charge on any atom is -0.398 e. The molecule has 2 N–H and O–H groups in total. The fourth-order valence-electron chi connectivity index (χ4n) is 2.14. The summed E-state index contributed by atoms with van der Waals surface area (Å²) >= 11 is 0. The van der Waals surface area contributed by atoms with Crippen LogP contribution in [0.25, 0.3) is 0 Å². The molecule has 0 amide bonds. The lowest BCUT2D eigenvalue weighted by molar-refractivity contribution is 0.0648. The van der Waals surface area contributed by atoms with Crippen molar-refractivity contribution in [3.05, 3.63) is 29.8 Å². The van der Waals surface area contributed by atoms with Crippen LogP contribution in [0, 0.1) is 0 Å². The minimum absolute atomic E-state index is 0.666. The van der Waals surface area contributed by atoms with Gasteiger partial charge in [-0.3, -0.25) is 4.90 Å². The van der Waals surface area contributed by atoms with Gasteiger partial charge in [-0.1, -0.05) is 25.1 Å². The molecule has 0 unspecified atom stereocenters. The number of ether oxygens (including phenoxy) is 2. The Hall–Kier alpha value is -1.10. The topological polar surface area (TPSA) is 47.7 Å². The van der Waals surface area contributed by atoms with Gasteiger partial charge in [0, 0.05) is 32.5 Å². The van der Waals surface area contributed by atoms with Gasteiger partial charge in [-0.2, -0.15) is 0 Å². The second-order valence-corrected chi connectivity index (χ2v) is 4.93. The zero-order valence-electron chi connectivity index (χ0n) is 12.8. The summed E-state index contributed by atoms with van der Waals surface area (Å²) in [7, 11) is 1.69. The lowest BCUT2D eigenvalue weighted by Crippen LogP contribution is -2.26. The summed E-state index contributed by atoms with van der Waals surface area (Å²) in [6, 6.07) is 8.09. The smallest absolute Gasteiger partial charge is 0.0700 e. The van der Waals surface area contributed by atoms with Crippen LogP contribution in [0.2, 0.25) is 0 Å². The molecule has 1 aromatic carbocycles. The highest BCUT2D eigenvalue weighted by molar-refractivity contribution is 5.46. The van der Waals surface area contributed by atoms with Crippen molar-refractivity contribution in [2.75, 3.05) is 45.8 Å². The molecule has 1 aromatic rings. The largest absolute Gasteiger partial charge is 0.398 e. The molecule has 0 fully saturated rings. The summed E-state index contributed by atoms with van der Waals surface area (Å²) < 4.78 is 10.5. The summed E-state index contributed by atoms with van der Waals surface area (Å²) in [5.74, 6) is 0. The van der Waals surface area contributed by atoms with Crippen LogP contribution in [-0.4, -0.2) is 44.9 Å². The molecule has 0 spiro atoms. The van der Waals surface area contributed by atoms with Gasteiger partial charge >= 0.3 is 0 Å². The lowest BCUT2D eigenvalue weighted by Gasteiger charge is -2.22. The Morgan fingerprint density at radius 3 is 2.60 bits per heavy atom. The molecule has 114 valence electrons. The quantitative estimate of drug-likeness (QED) is 0.500. The second-order valence-electron chi connectivity index (χ2n) is 4.93. The highest BCUT2D eigenvalue weighted by Crippen LogP contribution is 2.13. The van der Waals surface area contributed by atoms with Gasteiger partial charge < -0.3 is 15.2 Å². The van der Waals surface area contributed by atoms with E-state index in [1.165, 1.54) is 5.56 Å². The van der Waals surface area contributed by atoms with Crippen LogP contribution in [0.15, 0.2) is 24.3 Å². The van der Waals surface area contributed by atoms with E-state index in [0.29, 0.717) is 13.2 Å². The molecule has 0 radical (unpaired) electrons. The Balaban J connectivity index is 2.31. The summed E-state index contributed by atoms with van der Waals surface area (Å²) in [6.07, 6.45) is 2.19. The molecule has 0 saturated carbocycles. The fourth-order valence-corrected chi connectivity index (χ4v) is 2.14. The van der Waals surface area contributed by atoms with E-state index in [4.69, 9.17) is 15.2 Å². The number of methoxy groups -OCH3 is 1. The molecule has 0 aliphatic rings. The minimum atomic E-state index is 0.666. The predicted molar refractivity (Wildman–Crippen MR) is 83.7 cm³/mol. The fraction of sp³-hybridized carbons (Fsp3) is 0.625. The normalized spacial score (nSPS) is 11.2. The number of hydrogen-bond donors (Lipinski definition) is 1. The first kappa shape index (κ1) is 17.0. The van der Waals surface area contributed by atoms with Crippen molar-refractivity contribution < 1.29 is 9.47 Å². The van der Waals surface area contributed by atoms with Crippen LogP contribution in [0.4, 0.5) is 5.69 Å². The van der Waals surface area contributed by atoms with Crippen LogP contribution >= 0.6 is 0 Å². The van der Waals surface area contributed by atoms with Crippen LogP contribution in [0.3, 0.4) is 0 Å². The molecule has 4 nitrogen and oxygen atoms in total. The third-order valence-corrected chi connectivity index (χ3v) is 3.18. The van der Waals surface area contributed by atoms with Gasteiger partial charge in [0.2, 0.25) is 0 Å². The molecule has 4 heteroatoms. The lowest BCUT2D eigenvalue weighted by atomic mass is 10.1. The number of hydrogen-bond acceptors (Lipinski definition) is 4. The summed E-state index contributed by atoms with van der Waals surface area (Å²) in [5.41, 5.74) is 8.10. The van der Waals surface area contributed by atoms with Crippen molar-refractivity contribution in [1.29, 1.82) is 0 Å². The molecule has 0 aliphatic carbocycles. The first-order valence-corrected chi connectivity index (χ1v) is 7.40. The summed E-state index contributed by atoms with van der Waals surface area (Å²) in [4.78, 5) is 2.44. The first-order chi connectivity index (χ1) is 9.77. The Bertz CT molecular complexity index is 358. The number of nitrogens with two attached hydrogens (primary N) is 1. The maximum atomic E-state index is 6.01. The average Bonchev–Trinajstić information content (AvgIpc) is 2.45. The van der Waals surface area contributed by atoms with Crippen molar-refractivity contribution in [3.8, 4) is 0 Å². The van der Waals surface area contributed by atoms with Crippen LogP contribution in [0.5, 0.6) is 0 Å². The van der Waals surface area contributed by atoms with E-state index in [1.807, 2.05) is 18.2 Å². The Kier molecular flexibility index (Phi) is 9.04. The third-order valence-electron chi connectivity index (χ3n) is 3.18. The zero-order valence-corrected chi connectivity index (χ0v) is 12.8. The molecule has 0 aromatic heterocycles. The van der Waals surface area contributed by atoms with Crippen LogP contribution in [-0.2, 0) is 16.0 Å². The first-order valence-electron chi connectivity index (χ1n) is 7.40. The summed E-state index contributed by atoms with van der Waals surface area (Å²) in [5, 5.41) is 0. The van der Waals surface area contributed by atoms with Gasteiger partial charge in [-0.05, 0) is 31.0 Å². The summed E-state index contributed by atoms with van der Waals surface area (Å²) in [6.45, 7) is 7.37. The monoisotopic (exact) mass is 280 g/mol. The predicted octanol–water partition coefficient (Wildman–Crippen LogP) is 2.53. The van der Waals surface area contributed by atoms with Gasteiger partial charge in [0.05, 0.1) is 13.2 Å². The average molecular weight is 280 g/mol. The van der Waals surface area contributed by atoms with E-state index in [2.05, 4.69) is 17.9 Å². The maximum absolute atomic E-state index is 6.01. The number of nitrogens with zero attached hydrogens (tertiary/aromatic N) is 1. The van der Waals surface area contributed by atoms with E-state index < -0.39 is 0 Å². The van der Waals surface area contributed by atoms with E-state index in [-0.39, 0.29) is 0 Å². The standard InChI is InChI=1S/C16H28N2O2/c1-3-9-18(10-6-11-20-13-12-19-2)14-15-7-4-5-8-16(15)17/h4-5,7-8H,3,6,9-14,17H2,1-2H3. The van der Waals surface area contributed by atoms with Gasteiger partial charge in [0.1, 0.15) is 0 Å². The van der Waals surface area contributed by atoms with Gasteiger partial charge in [0.25, 0.3) is 0 Å². The van der Waals surface area contributed by atoms with Crippen molar-refractivity contribution in [2.45, 2.75) is 26.3 Å². The van der Waals surface area contributed by atoms with Gasteiger partial charge in [-0.15, -0.1) is 0 Å². The third kappa shape index (κ3) is 6.89. The molecular weight excluding hydrogens is 252 g/mol. The van der Waals surface area contributed by atoms with Crippen LogP contribution < -0.4 is 5.73 Å². The molecular formula is C16H28N2O2. The molecule has 0 heterocycles. The van der Waals surface area contributed by atoms with E-state index in [1.54, 1.807) is 7.11 Å². The molecule has 0 saturated heterocycles. The van der Waals surface area contributed by atoms with Crippen molar-refractivity contribution in [1.82, 2.24) is 4.90 Å². The van der Waals surface area contributed by atoms with Crippen LogP contribution in [0.1, 0.15) is 25.3 Å². The number of nitrogen functional groups attached to an aromatic ring is 1. The van der Waals surface area contributed by atoms with Crippen molar-refractivity contribution in [2.24, 2.45) is 0 Å². The van der Waals surface area contributed by atoms with Crippen molar-refractivity contribution >= 4 is 5.69 Å². The second kappa shape index (κ2) is 10.7. The Morgan fingerprint density at radius 2 is 1.90 bits per heavy atom. The number of para-hydroxylation sites is 1. The highest BCUT2D eigenvalue weighted by atomic mass is 16.5. The molecule has 0 bridgehead atoms. The van der Waals surface area contributed by atoms with E-state index >= 15 is 0 Å². The molecule has 0 atom stereocenters. The number of rotatable bonds is 11. The van der Waals surface area contributed by atoms with E-state index in [9.17, 15) is 0 Å². The highest BCUT2D eigenvalue weighted by Gasteiger charge is 2.06. The molecule has 0 aliphatic heterocycles. The number of anilines is 1. The van der Waals surface area contributed by atoms with Crippen molar-refractivity contribution in [3.63, 3.8) is 0 Å². The maximum Gasteiger partial charge on any atom is 0.0700 e. The number of benzene rings is 1. The Morgan fingerprint density at radius 1 is 1.10 bits per heavy atom. The van der Waals surface area contributed by atoms with Gasteiger partial charge in [0.15, 0.2) is 0 Å². The molecule has 1 rings (SSSR count).